The second kappa shape index (κ2) is 9.91. The van der Waals surface area contributed by atoms with Crippen LogP contribution in [0.15, 0.2) is 72.8 Å². The molecule has 2 heterocycles. The Kier molecular flexibility index (Phi) is 6.36. The van der Waals surface area contributed by atoms with Gasteiger partial charge in [0, 0.05) is 17.0 Å². The Hall–Kier alpha value is -4.66. The van der Waals surface area contributed by atoms with E-state index in [0.717, 1.165) is 45.0 Å². The van der Waals surface area contributed by atoms with Crippen molar-refractivity contribution in [1.82, 2.24) is 35.4 Å². The molecule has 0 aliphatic rings. The summed E-state index contributed by atoms with van der Waals surface area (Å²) in [5.41, 5.74) is 5.76. The smallest absolute Gasteiger partial charge is 0.307 e. The predicted molar refractivity (Wildman–Crippen MR) is 135 cm³/mol. The van der Waals surface area contributed by atoms with E-state index in [4.69, 9.17) is 15.2 Å². The summed E-state index contributed by atoms with van der Waals surface area (Å²) in [6.45, 7) is 4.69. The molecule has 3 aromatic carbocycles. The molecule has 9 nitrogen and oxygen atoms in total. The minimum atomic E-state index is -0.850. The number of rotatable bonds is 8. The fourth-order valence-corrected chi connectivity index (χ4v) is 4.05. The number of tetrazole rings is 1. The van der Waals surface area contributed by atoms with Gasteiger partial charge in [-0.15, -0.1) is 5.10 Å². The molecule has 5 rings (SSSR count). The maximum Gasteiger partial charge on any atom is 0.307 e. The average Bonchev–Trinajstić information content (AvgIpc) is 3.56. The van der Waals surface area contributed by atoms with E-state index in [1.165, 1.54) is 0 Å². The van der Waals surface area contributed by atoms with Gasteiger partial charge in [0.05, 0.1) is 13.0 Å². The third kappa shape index (κ3) is 4.90. The molecule has 2 aromatic heterocycles. The Bertz CT molecular complexity index is 1470. The normalized spacial score (nSPS) is 11.2. The van der Waals surface area contributed by atoms with Crippen molar-refractivity contribution in [1.29, 1.82) is 0 Å². The summed E-state index contributed by atoms with van der Waals surface area (Å²) in [5, 5.41) is 28.1. The van der Waals surface area contributed by atoms with Crippen LogP contribution in [-0.2, 0) is 17.8 Å². The lowest BCUT2D eigenvalue weighted by atomic mass is 9.98. The molecular formula is C27H25N7O2. The van der Waals surface area contributed by atoms with Crippen LogP contribution in [0.4, 0.5) is 0 Å². The van der Waals surface area contributed by atoms with E-state index in [1.54, 1.807) is 0 Å². The lowest BCUT2D eigenvalue weighted by Crippen LogP contribution is -2.05. The Morgan fingerprint density at radius 3 is 2.22 bits per heavy atom. The molecule has 0 amide bonds. The molecule has 36 heavy (non-hydrogen) atoms. The van der Waals surface area contributed by atoms with Gasteiger partial charge in [0.25, 0.3) is 0 Å². The third-order valence-corrected chi connectivity index (χ3v) is 5.90. The molecule has 0 aliphatic heterocycles. The zero-order valence-corrected chi connectivity index (χ0v) is 20.0. The number of hydrogen-bond acceptors (Lipinski definition) is 6. The highest BCUT2D eigenvalue weighted by Crippen LogP contribution is 2.30. The lowest BCUT2D eigenvalue weighted by molar-refractivity contribution is -0.136. The van der Waals surface area contributed by atoms with Crippen LogP contribution in [0.5, 0.6) is 0 Å². The van der Waals surface area contributed by atoms with E-state index >= 15 is 0 Å². The molecule has 9 heteroatoms. The van der Waals surface area contributed by atoms with Crippen molar-refractivity contribution < 1.29 is 9.90 Å². The van der Waals surface area contributed by atoms with Gasteiger partial charge in [0.1, 0.15) is 0 Å². The number of nitrogens with zero attached hydrogens (tertiary/aromatic N) is 6. The summed E-state index contributed by atoms with van der Waals surface area (Å²) < 4.78 is 1.91. The van der Waals surface area contributed by atoms with Gasteiger partial charge in [0.15, 0.2) is 17.5 Å². The van der Waals surface area contributed by atoms with Crippen LogP contribution in [0, 0.1) is 0 Å². The maximum atomic E-state index is 11.0. The average molecular weight is 480 g/mol. The van der Waals surface area contributed by atoms with Crippen LogP contribution in [0.25, 0.3) is 33.9 Å². The molecule has 0 saturated carbocycles. The molecule has 180 valence electrons. The van der Waals surface area contributed by atoms with Crippen molar-refractivity contribution in [2.45, 2.75) is 32.7 Å². The van der Waals surface area contributed by atoms with Crippen LogP contribution < -0.4 is 0 Å². The van der Waals surface area contributed by atoms with Crippen LogP contribution in [0.1, 0.15) is 36.7 Å². The third-order valence-electron chi connectivity index (χ3n) is 5.90. The minimum Gasteiger partial charge on any atom is -0.481 e. The van der Waals surface area contributed by atoms with Gasteiger partial charge in [-0.2, -0.15) is 5.10 Å². The van der Waals surface area contributed by atoms with E-state index in [2.05, 4.69) is 58.7 Å². The molecular weight excluding hydrogens is 454 g/mol. The van der Waals surface area contributed by atoms with E-state index in [0.29, 0.717) is 12.4 Å². The SMILES string of the molecule is CC(C)c1nc(-c2ccc(CC(=O)O)cc2)n(Cc2ccc(-c3ccccc3-c3nnn[nH]3)cc2)n1. The number of carboxylic acids is 1. The van der Waals surface area contributed by atoms with Crippen molar-refractivity contribution in [3.63, 3.8) is 0 Å². The standard InChI is InChI=1S/C27H25N7O2/c1-17(2)25-28-27(21-13-7-18(8-14-21)15-24(35)36)34(31-25)16-19-9-11-20(12-10-19)22-5-3-4-6-23(22)26-29-32-33-30-26/h3-14,17H,15-16H2,1-2H3,(H,35,36)(H,29,30,32,33). The molecule has 2 N–H and O–H groups in total. The summed E-state index contributed by atoms with van der Waals surface area (Å²) >= 11 is 0. The van der Waals surface area contributed by atoms with Gasteiger partial charge in [-0.1, -0.05) is 86.6 Å². The summed E-state index contributed by atoms with van der Waals surface area (Å²) in [6.07, 6.45) is -0.00730. The van der Waals surface area contributed by atoms with Crippen molar-refractivity contribution in [2.24, 2.45) is 0 Å². The minimum absolute atomic E-state index is 0.00730. The second-order valence-electron chi connectivity index (χ2n) is 8.87. The molecule has 0 saturated heterocycles. The Balaban J connectivity index is 1.43. The Labute approximate surface area is 207 Å². The first-order valence-corrected chi connectivity index (χ1v) is 11.7. The first kappa shape index (κ1) is 23.1. The zero-order valence-electron chi connectivity index (χ0n) is 20.0. The van der Waals surface area contributed by atoms with Crippen LogP contribution in [0.2, 0.25) is 0 Å². The van der Waals surface area contributed by atoms with Gasteiger partial charge >= 0.3 is 5.97 Å². The van der Waals surface area contributed by atoms with Crippen molar-refractivity contribution in [3.05, 3.63) is 89.7 Å². The number of nitrogens with one attached hydrogen (secondary N) is 1. The van der Waals surface area contributed by atoms with Crippen molar-refractivity contribution >= 4 is 5.97 Å². The van der Waals surface area contributed by atoms with Crippen molar-refractivity contribution in [3.8, 4) is 33.9 Å². The Morgan fingerprint density at radius 1 is 0.917 bits per heavy atom. The summed E-state index contributed by atoms with van der Waals surface area (Å²) in [6, 6.07) is 23.8. The highest BCUT2D eigenvalue weighted by Gasteiger charge is 2.16. The van der Waals surface area contributed by atoms with Crippen molar-refractivity contribution in [2.75, 3.05) is 0 Å². The highest BCUT2D eigenvalue weighted by atomic mass is 16.4. The van der Waals surface area contributed by atoms with E-state index in [9.17, 15) is 4.79 Å². The summed E-state index contributed by atoms with van der Waals surface area (Å²) in [5.74, 6) is 1.48. The number of hydrogen-bond donors (Lipinski definition) is 2. The topological polar surface area (TPSA) is 122 Å². The number of aliphatic carboxylic acids is 1. The maximum absolute atomic E-state index is 11.0. The molecule has 0 unspecified atom stereocenters. The molecule has 5 aromatic rings. The number of H-pyrrole nitrogens is 1. The van der Waals surface area contributed by atoms with Gasteiger partial charge in [-0.3, -0.25) is 4.79 Å². The predicted octanol–water partition coefficient (Wildman–Crippen LogP) is 4.59. The van der Waals surface area contributed by atoms with Gasteiger partial charge in [-0.25, -0.2) is 14.8 Å². The van der Waals surface area contributed by atoms with E-state index < -0.39 is 5.97 Å². The zero-order chi connectivity index (χ0) is 25.1. The van der Waals surface area contributed by atoms with Gasteiger partial charge in [0.2, 0.25) is 0 Å². The van der Waals surface area contributed by atoms with E-state index in [1.807, 2.05) is 53.2 Å². The summed E-state index contributed by atoms with van der Waals surface area (Å²) in [7, 11) is 0. The fraction of sp³-hybridized carbons (Fsp3) is 0.185. The molecule has 0 bridgehead atoms. The van der Waals surface area contributed by atoms with Crippen LogP contribution >= 0.6 is 0 Å². The number of benzene rings is 3. The monoisotopic (exact) mass is 479 g/mol. The molecule has 0 spiro atoms. The quantitative estimate of drug-likeness (QED) is 0.334. The largest absolute Gasteiger partial charge is 0.481 e. The molecule has 0 aliphatic carbocycles. The molecule has 0 radical (unpaired) electrons. The van der Waals surface area contributed by atoms with E-state index in [-0.39, 0.29) is 12.3 Å². The number of aromatic amines is 1. The summed E-state index contributed by atoms with van der Waals surface area (Å²) in [4.78, 5) is 15.8. The molecule has 0 atom stereocenters. The Morgan fingerprint density at radius 2 is 1.58 bits per heavy atom. The van der Waals surface area contributed by atoms with Crippen LogP contribution in [0.3, 0.4) is 0 Å². The fourth-order valence-electron chi connectivity index (χ4n) is 4.05. The lowest BCUT2D eigenvalue weighted by Gasteiger charge is -2.10. The van der Waals surface area contributed by atoms with Gasteiger partial charge < -0.3 is 5.11 Å². The number of carbonyl (C=O) groups is 1. The second-order valence-corrected chi connectivity index (χ2v) is 8.87. The number of carboxylic acid groups (broad SMARTS) is 1. The number of aromatic nitrogens is 7. The molecule has 0 fully saturated rings. The van der Waals surface area contributed by atoms with Crippen LogP contribution in [-0.4, -0.2) is 46.5 Å². The highest BCUT2D eigenvalue weighted by molar-refractivity contribution is 5.80. The first-order chi connectivity index (χ1) is 17.5. The first-order valence-electron chi connectivity index (χ1n) is 11.7. The van der Waals surface area contributed by atoms with Gasteiger partial charge in [-0.05, 0) is 32.7 Å².